The average Bonchev–Trinajstić information content (AvgIpc) is 3.33. The smallest absolute Gasteiger partial charge is 0.277 e. The predicted molar refractivity (Wildman–Crippen MR) is 93.5 cm³/mol. The molecule has 0 aliphatic carbocycles. The Morgan fingerprint density at radius 3 is 3.04 bits per heavy atom. The summed E-state index contributed by atoms with van der Waals surface area (Å²) in [6.07, 6.45) is 1.56. The predicted octanol–water partition coefficient (Wildman–Crippen LogP) is 3.37. The first-order valence-electron chi connectivity index (χ1n) is 7.22. The fraction of sp³-hybridized carbons (Fsp3) is 0.133. The van der Waals surface area contributed by atoms with E-state index in [1.165, 1.54) is 0 Å². The summed E-state index contributed by atoms with van der Waals surface area (Å²) in [6, 6.07) is 7.22. The van der Waals surface area contributed by atoms with E-state index in [0.717, 1.165) is 34.6 Å². The summed E-state index contributed by atoms with van der Waals surface area (Å²) in [4.78, 5) is 12.2. The van der Waals surface area contributed by atoms with Crippen LogP contribution in [-0.2, 0) is 4.79 Å². The molecule has 1 aromatic carbocycles. The molecular formula is C15H11N5O3S2. The normalized spacial score (nSPS) is 11.1. The maximum absolute atomic E-state index is 12.2. The second-order valence-electron chi connectivity index (χ2n) is 5.04. The number of anilines is 1. The highest BCUT2D eigenvalue weighted by Crippen LogP contribution is 2.26. The second kappa shape index (κ2) is 6.65. The molecule has 1 amide bonds. The van der Waals surface area contributed by atoms with Gasteiger partial charge in [0, 0.05) is 0 Å². The molecular weight excluding hydrogens is 362 g/mol. The Morgan fingerprint density at radius 1 is 1.28 bits per heavy atom. The number of nitrogens with one attached hydrogen (secondary N) is 1. The van der Waals surface area contributed by atoms with E-state index >= 15 is 0 Å². The number of furan rings is 1. The molecule has 0 aliphatic rings. The van der Waals surface area contributed by atoms with Crippen LogP contribution in [0.3, 0.4) is 0 Å². The molecule has 0 atom stereocenters. The van der Waals surface area contributed by atoms with Crippen molar-refractivity contribution >= 4 is 46.1 Å². The van der Waals surface area contributed by atoms with Crippen molar-refractivity contribution in [3.63, 3.8) is 0 Å². The van der Waals surface area contributed by atoms with Crippen molar-refractivity contribution in [2.75, 3.05) is 11.1 Å². The molecule has 10 heteroatoms. The van der Waals surface area contributed by atoms with Crippen LogP contribution in [0.4, 0.5) is 5.69 Å². The van der Waals surface area contributed by atoms with Crippen molar-refractivity contribution in [3.05, 3.63) is 36.3 Å². The Labute approximate surface area is 150 Å². The Kier molecular flexibility index (Phi) is 4.20. The molecule has 0 saturated carbocycles. The SMILES string of the molecule is Cc1occc1-c1nnc(SCC(=O)Nc2cccc3nsnc23)o1. The molecule has 3 aromatic heterocycles. The minimum Gasteiger partial charge on any atom is -0.469 e. The lowest BCUT2D eigenvalue weighted by atomic mass is 10.2. The van der Waals surface area contributed by atoms with E-state index in [4.69, 9.17) is 8.83 Å². The van der Waals surface area contributed by atoms with Crippen molar-refractivity contribution in [3.8, 4) is 11.5 Å². The molecule has 25 heavy (non-hydrogen) atoms. The molecule has 0 aliphatic heterocycles. The van der Waals surface area contributed by atoms with Gasteiger partial charge in [0.1, 0.15) is 16.8 Å². The van der Waals surface area contributed by atoms with Crippen LogP contribution in [-0.4, -0.2) is 30.6 Å². The molecule has 4 rings (SSSR count). The zero-order valence-corrected chi connectivity index (χ0v) is 14.6. The van der Waals surface area contributed by atoms with Crippen LogP contribution in [0.25, 0.3) is 22.5 Å². The Morgan fingerprint density at radius 2 is 2.20 bits per heavy atom. The lowest BCUT2D eigenvalue weighted by Crippen LogP contribution is -2.14. The Balaban J connectivity index is 1.40. The first kappa shape index (κ1) is 15.8. The van der Waals surface area contributed by atoms with Gasteiger partial charge >= 0.3 is 0 Å². The summed E-state index contributed by atoms with van der Waals surface area (Å²) in [6.45, 7) is 1.81. The van der Waals surface area contributed by atoms with E-state index < -0.39 is 0 Å². The zero-order valence-electron chi connectivity index (χ0n) is 12.9. The number of rotatable bonds is 5. The highest BCUT2D eigenvalue weighted by atomic mass is 32.2. The average molecular weight is 373 g/mol. The van der Waals surface area contributed by atoms with Crippen LogP contribution >= 0.6 is 23.5 Å². The van der Waals surface area contributed by atoms with Gasteiger partial charge in [-0.25, -0.2) is 0 Å². The number of nitrogens with zero attached hydrogens (tertiary/aromatic N) is 4. The van der Waals surface area contributed by atoms with Gasteiger partial charge in [-0.15, -0.1) is 10.2 Å². The number of carbonyl (C=O) groups is 1. The maximum atomic E-state index is 12.2. The second-order valence-corrected chi connectivity index (χ2v) is 6.49. The summed E-state index contributed by atoms with van der Waals surface area (Å²) >= 11 is 2.27. The van der Waals surface area contributed by atoms with E-state index in [-0.39, 0.29) is 11.7 Å². The third-order valence-corrected chi connectivity index (χ3v) is 4.74. The van der Waals surface area contributed by atoms with E-state index in [1.807, 2.05) is 19.1 Å². The lowest BCUT2D eigenvalue weighted by Gasteiger charge is -2.03. The third kappa shape index (κ3) is 3.26. The third-order valence-electron chi connectivity index (χ3n) is 3.38. The standard InChI is InChI=1S/C15H11N5O3S2/c1-8-9(5-6-22-8)14-17-18-15(23-14)24-7-12(21)16-10-3-2-4-11-13(10)20-25-19-11/h2-6H,7H2,1H3,(H,16,21). The van der Waals surface area contributed by atoms with Gasteiger partial charge in [-0.05, 0) is 25.1 Å². The monoisotopic (exact) mass is 373 g/mol. The molecule has 0 spiro atoms. The minimum atomic E-state index is -0.190. The first-order valence-corrected chi connectivity index (χ1v) is 8.94. The van der Waals surface area contributed by atoms with Gasteiger partial charge in [0.05, 0.1) is 35.0 Å². The molecule has 8 nitrogen and oxygen atoms in total. The summed E-state index contributed by atoms with van der Waals surface area (Å²) in [5.74, 6) is 1.01. The number of thioether (sulfide) groups is 1. The number of benzene rings is 1. The van der Waals surface area contributed by atoms with E-state index in [0.29, 0.717) is 28.1 Å². The van der Waals surface area contributed by atoms with Gasteiger partial charge < -0.3 is 14.2 Å². The van der Waals surface area contributed by atoms with Crippen LogP contribution in [0.5, 0.6) is 0 Å². The lowest BCUT2D eigenvalue weighted by molar-refractivity contribution is -0.113. The van der Waals surface area contributed by atoms with Crippen LogP contribution in [0, 0.1) is 6.92 Å². The number of aromatic nitrogens is 4. The molecule has 0 saturated heterocycles. The van der Waals surface area contributed by atoms with Crippen molar-refractivity contribution in [1.29, 1.82) is 0 Å². The molecule has 4 aromatic rings. The van der Waals surface area contributed by atoms with Gasteiger partial charge in [0.2, 0.25) is 5.91 Å². The molecule has 1 N–H and O–H groups in total. The number of hydrogen-bond donors (Lipinski definition) is 1. The number of aryl methyl sites for hydroxylation is 1. The highest BCUT2D eigenvalue weighted by molar-refractivity contribution is 7.99. The van der Waals surface area contributed by atoms with E-state index in [2.05, 4.69) is 24.3 Å². The summed E-state index contributed by atoms with van der Waals surface area (Å²) in [7, 11) is 0. The van der Waals surface area contributed by atoms with Crippen molar-refractivity contribution in [2.24, 2.45) is 0 Å². The summed E-state index contributed by atoms with van der Waals surface area (Å²) < 4.78 is 19.1. The fourth-order valence-electron chi connectivity index (χ4n) is 2.20. The van der Waals surface area contributed by atoms with Crippen LogP contribution in [0.2, 0.25) is 0 Å². The van der Waals surface area contributed by atoms with Crippen LogP contribution < -0.4 is 5.32 Å². The van der Waals surface area contributed by atoms with Gasteiger partial charge in [0.25, 0.3) is 11.1 Å². The maximum Gasteiger partial charge on any atom is 0.277 e. The quantitative estimate of drug-likeness (QED) is 0.531. The molecule has 0 bridgehead atoms. The highest BCUT2D eigenvalue weighted by Gasteiger charge is 2.15. The van der Waals surface area contributed by atoms with Crippen LogP contribution in [0.15, 0.2) is 44.6 Å². The first-order chi connectivity index (χ1) is 12.2. The number of carbonyl (C=O) groups excluding carboxylic acids is 1. The Hall–Kier alpha value is -2.72. The van der Waals surface area contributed by atoms with Crippen molar-refractivity contribution in [2.45, 2.75) is 12.1 Å². The van der Waals surface area contributed by atoms with Gasteiger partial charge in [0.15, 0.2) is 0 Å². The van der Waals surface area contributed by atoms with E-state index in [9.17, 15) is 4.79 Å². The Bertz CT molecular complexity index is 1040. The minimum absolute atomic E-state index is 0.139. The summed E-state index contributed by atoms with van der Waals surface area (Å²) in [5, 5.41) is 11.1. The largest absolute Gasteiger partial charge is 0.469 e. The summed E-state index contributed by atoms with van der Waals surface area (Å²) in [5.41, 5.74) is 2.82. The molecule has 0 fully saturated rings. The molecule has 126 valence electrons. The van der Waals surface area contributed by atoms with Crippen LogP contribution in [0.1, 0.15) is 5.76 Å². The molecule has 0 unspecified atom stereocenters. The van der Waals surface area contributed by atoms with Gasteiger partial charge in [-0.3, -0.25) is 4.79 Å². The molecule has 3 heterocycles. The number of amides is 1. The zero-order chi connectivity index (χ0) is 17.2. The topological polar surface area (TPSA) is 107 Å². The number of fused-ring (bicyclic) bond motifs is 1. The van der Waals surface area contributed by atoms with Crippen molar-refractivity contribution < 1.29 is 13.6 Å². The van der Waals surface area contributed by atoms with E-state index in [1.54, 1.807) is 18.4 Å². The number of hydrogen-bond acceptors (Lipinski definition) is 9. The molecule has 0 radical (unpaired) electrons. The van der Waals surface area contributed by atoms with Gasteiger partial charge in [-0.2, -0.15) is 8.75 Å². The van der Waals surface area contributed by atoms with Crippen molar-refractivity contribution in [1.82, 2.24) is 18.9 Å². The fourth-order valence-corrected chi connectivity index (χ4v) is 3.32. The van der Waals surface area contributed by atoms with Gasteiger partial charge in [-0.1, -0.05) is 17.8 Å².